The third-order valence-electron chi connectivity index (χ3n) is 4.66. The van der Waals surface area contributed by atoms with Gasteiger partial charge in [-0.1, -0.05) is 56.6 Å². The highest BCUT2D eigenvalue weighted by Gasteiger charge is 2.35. The lowest BCUT2D eigenvalue weighted by molar-refractivity contribution is -0.122. The van der Waals surface area contributed by atoms with Crippen molar-refractivity contribution in [3.05, 3.63) is 59.1 Å². The Hall–Kier alpha value is -2.33. The number of carbonyl (C=O) groups excluding carboxylic acids is 2. The summed E-state index contributed by atoms with van der Waals surface area (Å²) in [7, 11) is 0. The summed E-state index contributed by atoms with van der Waals surface area (Å²) in [5.74, 6) is -0.612. The monoisotopic (exact) mass is 370 g/mol. The number of benzene rings is 2. The standard InChI is InChI=1S/C21H23ClN2O2/c1-21(2,3)15-8-10-16(11-9-15)23-20(26)14-12-19(25)24(13-14)18-7-5-4-6-17(18)22/h4-11,14H,12-13H2,1-3H3,(H,23,26)/t14-/m0/s1. The van der Waals surface area contributed by atoms with E-state index in [1.165, 1.54) is 5.56 Å². The lowest BCUT2D eigenvalue weighted by atomic mass is 9.87. The van der Waals surface area contributed by atoms with Crippen LogP contribution in [0.2, 0.25) is 5.02 Å². The molecule has 1 fully saturated rings. The molecule has 1 N–H and O–H groups in total. The highest BCUT2D eigenvalue weighted by Crippen LogP contribution is 2.31. The Labute approximate surface area is 159 Å². The molecule has 4 nitrogen and oxygen atoms in total. The fraction of sp³-hybridized carbons (Fsp3) is 0.333. The topological polar surface area (TPSA) is 49.4 Å². The maximum atomic E-state index is 12.6. The summed E-state index contributed by atoms with van der Waals surface area (Å²) in [5.41, 5.74) is 2.67. The van der Waals surface area contributed by atoms with E-state index >= 15 is 0 Å². The Bertz CT molecular complexity index is 825. The molecule has 1 aliphatic rings. The zero-order valence-corrected chi connectivity index (χ0v) is 16.0. The molecule has 136 valence electrons. The van der Waals surface area contributed by atoms with Gasteiger partial charge in [0.2, 0.25) is 11.8 Å². The molecule has 2 amide bonds. The summed E-state index contributed by atoms with van der Waals surface area (Å²) in [6.45, 7) is 6.78. The molecule has 2 aromatic rings. The summed E-state index contributed by atoms with van der Waals surface area (Å²) in [4.78, 5) is 26.5. The second kappa shape index (κ2) is 7.12. The zero-order valence-electron chi connectivity index (χ0n) is 15.3. The van der Waals surface area contributed by atoms with Crippen LogP contribution in [0.3, 0.4) is 0 Å². The lowest BCUT2D eigenvalue weighted by Crippen LogP contribution is -2.28. The molecule has 3 rings (SSSR count). The van der Waals surface area contributed by atoms with Crippen LogP contribution in [0.25, 0.3) is 0 Å². The van der Waals surface area contributed by atoms with Gasteiger partial charge in [0, 0.05) is 18.7 Å². The average Bonchev–Trinajstić information content (AvgIpc) is 2.97. The molecule has 26 heavy (non-hydrogen) atoms. The first-order valence-corrected chi connectivity index (χ1v) is 9.10. The van der Waals surface area contributed by atoms with E-state index in [0.29, 0.717) is 17.3 Å². The van der Waals surface area contributed by atoms with Crippen LogP contribution in [0.15, 0.2) is 48.5 Å². The molecular formula is C21H23ClN2O2. The molecule has 2 aromatic carbocycles. The van der Waals surface area contributed by atoms with Crippen molar-refractivity contribution in [2.24, 2.45) is 5.92 Å². The van der Waals surface area contributed by atoms with Gasteiger partial charge in [0.05, 0.1) is 16.6 Å². The van der Waals surface area contributed by atoms with E-state index in [1.807, 2.05) is 36.4 Å². The first-order valence-electron chi connectivity index (χ1n) is 8.72. The van der Waals surface area contributed by atoms with Crippen molar-refractivity contribution in [3.63, 3.8) is 0 Å². The van der Waals surface area contributed by atoms with Crippen LogP contribution < -0.4 is 10.2 Å². The van der Waals surface area contributed by atoms with E-state index in [0.717, 1.165) is 5.69 Å². The van der Waals surface area contributed by atoms with E-state index < -0.39 is 0 Å². The number of halogens is 1. The van der Waals surface area contributed by atoms with Crippen molar-refractivity contribution in [3.8, 4) is 0 Å². The Morgan fingerprint density at radius 2 is 1.77 bits per heavy atom. The van der Waals surface area contributed by atoms with Gasteiger partial charge in [-0.2, -0.15) is 0 Å². The van der Waals surface area contributed by atoms with Gasteiger partial charge in [-0.3, -0.25) is 9.59 Å². The van der Waals surface area contributed by atoms with Crippen LogP contribution >= 0.6 is 11.6 Å². The summed E-state index contributed by atoms with van der Waals surface area (Å²) >= 11 is 6.18. The number of nitrogens with zero attached hydrogens (tertiary/aromatic N) is 1. The highest BCUT2D eigenvalue weighted by atomic mass is 35.5. The van der Waals surface area contributed by atoms with Gasteiger partial charge in [0.15, 0.2) is 0 Å². The normalized spacial score (nSPS) is 17.5. The van der Waals surface area contributed by atoms with E-state index in [2.05, 4.69) is 26.1 Å². The molecule has 1 saturated heterocycles. The van der Waals surface area contributed by atoms with E-state index in [1.54, 1.807) is 17.0 Å². The number of nitrogens with one attached hydrogen (secondary N) is 1. The number of carbonyl (C=O) groups is 2. The van der Waals surface area contributed by atoms with Crippen molar-refractivity contribution in [1.82, 2.24) is 0 Å². The molecule has 1 aliphatic heterocycles. The van der Waals surface area contributed by atoms with Crippen LogP contribution in [0.4, 0.5) is 11.4 Å². The van der Waals surface area contributed by atoms with Crippen LogP contribution in [-0.4, -0.2) is 18.4 Å². The number of hydrogen-bond acceptors (Lipinski definition) is 2. The van der Waals surface area contributed by atoms with Gasteiger partial charge in [-0.05, 0) is 35.2 Å². The fourth-order valence-electron chi connectivity index (χ4n) is 3.08. The van der Waals surface area contributed by atoms with Crippen molar-refractivity contribution in [1.29, 1.82) is 0 Å². The van der Waals surface area contributed by atoms with Gasteiger partial charge in [-0.15, -0.1) is 0 Å². The van der Waals surface area contributed by atoms with Crippen molar-refractivity contribution in [2.75, 3.05) is 16.8 Å². The van der Waals surface area contributed by atoms with Crippen LogP contribution in [-0.2, 0) is 15.0 Å². The summed E-state index contributed by atoms with van der Waals surface area (Å²) in [6, 6.07) is 15.0. The summed E-state index contributed by atoms with van der Waals surface area (Å²) in [5, 5.41) is 3.43. The van der Waals surface area contributed by atoms with E-state index in [9.17, 15) is 9.59 Å². The number of para-hydroxylation sites is 1. The van der Waals surface area contributed by atoms with Gasteiger partial charge >= 0.3 is 0 Å². The minimum atomic E-state index is -0.388. The first kappa shape index (κ1) is 18.5. The number of rotatable bonds is 3. The number of anilines is 2. The molecule has 0 aromatic heterocycles. The van der Waals surface area contributed by atoms with Crippen molar-refractivity contribution >= 4 is 34.8 Å². The van der Waals surface area contributed by atoms with Crippen LogP contribution in [0.1, 0.15) is 32.8 Å². The molecule has 0 spiro atoms. The van der Waals surface area contributed by atoms with Crippen LogP contribution in [0.5, 0.6) is 0 Å². The number of hydrogen-bond donors (Lipinski definition) is 1. The minimum Gasteiger partial charge on any atom is -0.326 e. The molecule has 1 atom stereocenters. The maximum absolute atomic E-state index is 12.6. The average molecular weight is 371 g/mol. The second-order valence-electron chi connectivity index (χ2n) is 7.67. The fourth-order valence-corrected chi connectivity index (χ4v) is 3.32. The highest BCUT2D eigenvalue weighted by molar-refractivity contribution is 6.33. The van der Waals surface area contributed by atoms with E-state index in [4.69, 9.17) is 11.6 Å². The Balaban J connectivity index is 1.68. The molecule has 0 bridgehead atoms. The zero-order chi connectivity index (χ0) is 18.9. The quantitative estimate of drug-likeness (QED) is 0.856. The third-order valence-corrected chi connectivity index (χ3v) is 4.98. The minimum absolute atomic E-state index is 0.0653. The summed E-state index contributed by atoms with van der Waals surface area (Å²) in [6.07, 6.45) is 0.192. The molecular weight excluding hydrogens is 348 g/mol. The van der Waals surface area contributed by atoms with Gasteiger partial charge < -0.3 is 10.2 Å². The predicted molar refractivity (Wildman–Crippen MR) is 106 cm³/mol. The SMILES string of the molecule is CC(C)(C)c1ccc(NC(=O)[C@H]2CC(=O)N(c3ccccc3Cl)C2)cc1. The second-order valence-corrected chi connectivity index (χ2v) is 8.08. The van der Waals surface area contributed by atoms with Gasteiger partial charge in [-0.25, -0.2) is 0 Å². The first-order chi connectivity index (χ1) is 12.3. The molecule has 0 radical (unpaired) electrons. The predicted octanol–water partition coefficient (Wildman–Crippen LogP) is 4.63. The largest absolute Gasteiger partial charge is 0.326 e. The summed E-state index contributed by atoms with van der Waals surface area (Å²) < 4.78 is 0. The lowest BCUT2D eigenvalue weighted by Gasteiger charge is -2.20. The Morgan fingerprint density at radius 3 is 2.38 bits per heavy atom. The molecule has 5 heteroatoms. The molecule has 0 saturated carbocycles. The van der Waals surface area contributed by atoms with Crippen molar-refractivity contribution in [2.45, 2.75) is 32.6 Å². The van der Waals surface area contributed by atoms with Crippen molar-refractivity contribution < 1.29 is 9.59 Å². The Morgan fingerprint density at radius 1 is 1.12 bits per heavy atom. The van der Waals surface area contributed by atoms with E-state index in [-0.39, 0.29) is 29.6 Å². The van der Waals surface area contributed by atoms with Gasteiger partial charge in [0.1, 0.15) is 0 Å². The third kappa shape index (κ3) is 3.91. The number of amides is 2. The maximum Gasteiger partial charge on any atom is 0.229 e. The van der Waals surface area contributed by atoms with Crippen LogP contribution in [0, 0.1) is 5.92 Å². The molecule has 1 heterocycles. The molecule has 0 unspecified atom stereocenters. The Kier molecular flexibility index (Phi) is 5.05. The van der Waals surface area contributed by atoms with Gasteiger partial charge in [0.25, 0.3) is 0 Å². The smallest absolute Gasteiger partial charge is 0.229 e. The molecule has 0 aliphatic carbocycles.